The molecule has 0 saturated heterocycles. The first-order valence-electron chi connectivity index (χ1n) is 13.2. The van der Waals surface area contributed by atoms with E-state index < -0.39 is 18.4 Å². The lowest BCUT2D eigenvalue weighted by Gasteiger charge is -2.23. The molecule has 1 unspecified atom stereocenters. The summed E-state index contributed by atoms with van der Waals surface area (Å²) in [5, 5.41) is 14.0. The molecule has 1 heterocycles. The number of carboxylic acid groups (broad SMARTS) is 1. The fraction of sp³-hybridized carbons (Fsp3) is 0.300. The second kappa shape index (κ2) is 12.3. The Morgan fingerprint density at radius 1 is 1.12 bits per heavy atom. The third-order valence-corrected chi connectivity index (χ3v) is 7.80. The maximum absolute atomic E-state index is 12.6. The minimum absolute atomic E-state index is 0.0516. The van der Waals surface area contributed by atoms with Crippen LogP contribution in [0.15, 0.2) is 66.1 Å². The van der Waals surface area contributed by atoms with Gasteiger partial charge in [-0.15, -0.1) is 24.5 Å². The molecule has 2 aromatic carbocycles. The van der Waals surface area contributed by atoms with Crippen LogP contribution in [0.1, 0.15) is 52.0 Å². The number of benzene rings is 2. The van der Waals surface area contributed by atoms with Crippen molar-refractivity contribution in [3.8, 4) is 0 Å². The van der Waals surface area contributed by atoms with Crippen LogP contribution in [-0.4, -0.2) is 41.0 Å². The van der Waals surface area contributed by atoms with Crippen LogP contribution >= 0.6 is 11.3 Å². The highest BCUT2D eigenvalue weighted by Crippen LogP contribution is 2.36. The van der Waals surface area contributed by atoms with Gasteiger partial charge in [-0.3, -0.25) is 14.3 Å². The van der Waals surface area contributed by atoms with Crippen LogP contribution in [0.25, 0.3) is 5.57 Å². The third kappa shape index (κ3) is 7.42. The number of hydrogen-bond donors (Lipinski definition) is 2. The van der Waals surface area contributed by atoms with Crippen molar-refractivity contribution in [3.05, 3.63) is 94.0 Å². The van der Waals surface area contributed by atoms with Crippen LogP contribution in [0.2, 0.25) is 0 Å². The number of aliphatic carboxylic acids is 1. The average Bonchev–Trinajstić information content (AvgIpc) is 3.61. The Morgan fingerprint density at radius 2 is 1.90 bits per heavy atom. The van der Waals surface area contributed by atoms with Gasteiger partial charge in [0, 0.05) is 23.2 Å². The molecule has 0 bridgehead atoms. The zero-order valence-electron chi connectivity index (χ0n) is 22.0. The Morgan fingerprint density at radius 3 is 2.61 bits per heavy atom. The molecule has 0 spiro atoms. The molecule has 0 saturated carbocycles. The Labute approximate surface area is 239 Å². The molecule has 2 aliphatic rings. The molecule has 2 aliphatic carbocycles. The summed E-state index contributed by atoms with van der Waals surface area (Å²) in [6, 6.07) is 13.5. The number of aromatic nitrogens is 1. The highest BCUT2D eigenvalue weighted by atomic mass is 32.1. The van der Waals surface area contributed by atoms with Crippen molar-refractivity contribution in [2.45, 2.75) is 51.1 Å². The second-order valence-electron chi connectivity index (χ2n) is 9.86. The highest BCUT2D eigenvalue weighted by Gasteiger charge is 2.33. The quantitative estimate of drug-likeness (QED) is 0.286. The molecule has 5 rings (SSSR count). The lowest BCUT2D eigenvalue weighted by Crippen LogP contribution is -2.26. The van der Waals surface area contributed by atoms with Crippen molar-refractivity contribution in [2.24, 2.45) is 0 Å². The topological polar surface area (TPSA) is 91.8 Å². The van der Waals surface area contributed by atoms with E-state index in [1.807, 2.05) is 17.5 Å². The van der Waals surface area contributed by atoms with Gasteiger partial charge in [0.25, 0.3) is 5.91 Å². The van der Waals surface area contributed by atoms with Gasteiger partial charge in [-0.1, -0.05) is 36.4 Å². The number of fused-ring (bicyclic) bond motifs is 1. The monoisotopic (exact) mass is 583 g/mol. The minimum Gasteiger partial charge on any atom is -0.481 e. The first-order valence-corrected chi connectivity index (χ1v) is 14.1. The summed E-state index contributed by atoms with van der Waals surface area (Å²) in [7, 11) is 0. The molecule has 2 N–H and O–H groups in total. The molecule has 41 heavy (non-hydrogen) atoms. The summed E-state index contributed by atoms with van der Waals surface area (Å²) in [6.07, 6.45) is 2.13. The standard InChI is InChI=1S/C30H28F3N3O4S/c31-30(32,33)40-25-12-9-21(10-13-25)26-18-41-29(35-26)36(24-11-8-20-2-1-3-23(20)16-24)17-19-4-6-22(7-5-19)28(39)34-15-14-27(37)38/h4-12,16,18,25H,1-3,13-15,17H2,(H,34,39)(H,37,38). The molecule has 1 amide bonds. The summed E-state index contributed by atoms with van der Waals surface area (Å²) < 4.78 is 41.9. The summed E-state index contributed by atoms with van der Waals surface area (Å²) in [5.74, 6) is -1.32. The largest absolute Gasteiger partial charge is 0.523 e. The van der Waals surface area contributed by atoms with Crippen LogP contribution in [0.4, 0.5) is 24.0 Å². The maximum Gasteiger partial charge on any atom is 0.523 e. The first kappa shape index (κ1) is 28.6. The predicted molar refractivity (Wildman–Crippen MR) is 150 cm³/mol. The van der Waals surface area contributed by atoms with E-state index in [2.05, 4.69) is 33.2 Å². The second-order valence-corrected chi connectivity index (χ2v) is 10.7. The van der Waals surface area contributed by atoms with Crippen LogP contribution < -0.4 is 10.2 Å². The van der Waals surface area contributed by atoms with Gasteiger partial charge in [0.1, 0.15) is 0 Å². The lowest BCUT2D eigenvalue weighted by molar-refractivity contribution is -0.335. The zero-order chi connectivity index (χ0) is 29.0. The molecule has 3 aromatic rings. The number of halogens is 3. The number of allylic oxidation sites excluding steroid dienone is 2. The van der Waals surface area contributed by atoms with E-state index in [9.17, 15) is 22.8 Å². The predicted octanol–water partition coefficient (Wildman–Crippen LogP) is 6.42. The first-order chi connectivity index (χ1) is 19.6. The number of ether oxygens (including phenoxy) is 1. The number of aryl methyl sites for hydroxylation is 2. The Kier molecular flexibility index (Phi) is 8.55. The number of nitrogens with zero attached hydrogens (tertiary/aromatic N) is 2. The number of amides is 1. The van der Waals surface area contributed by atoms with Crippen molar-refractivity contribution in [1.29, 1.82) is 0 Å². The Balaban J connectivity index is 1.35. The van der Waals surface area contributed by atoms with Crippen molar-refractivity contribution in [2.75, 3.05) is 11.4 Å². The fourth-order valence-corrected chi connectivity index (χ4v) is 5.75. The Hall–Kier alpha value is -3.96. The maximum atomic E-state index is 12.6. The summed E-state index contributed by atoms with van der Waals surface area (Å²) in [6.45, 7) is 0.527. The van der Waals surface area contributed by atoms with E-state index in [1.54, 1.807) is 24.3 Å². The Bertz CT molecular complexity index is 1480. The van der Waals surface area contributed by atoms with Gasteiger partial charge in [-0.05, 0) is 72.2 Å². The number of thiazole rings is 1. The van der Waals surface area contributed by atoms with Crippen LogP contribution in [0.5, 0.6) is 0 Å². The van der Waals surface area contributed by atoms with Gasteiger partial charge in [0.2, 0.25) is 0 Å². The lowest BCUT2D eigenvalue weighted by atomic mass is 10.0. The van der Waals surface area contributed by atoms with E-state index in [1.165, 1.54) is 28.5 Å². The molecular weight excluding hydrogens is 555 g/mol. The van der Waals surface area contributed by atoms with Crippen LogP contribution in [0, 0.1) is 0 Å². The van der Waals surface area contributed by atoms with E-state index >= 15 is 0 Å². The van der Waals surface area contributed by atoms with E-state index in [0.29, 0.717) is 17.8 Å². The molecule has 1 atom stereocenters. The molecule has 1 aromatic heterocycles. The van der Waals surface area contributed by atoms with Crippen molar-refractivity contribution in [1.82, 2.24) is 10.3 Å². The number of carboxylic acids is 1. The van der Waals surface area contributed by atoms with Gasteiger partial charge in [0.05, 0.1) is 24.8 Å². The SMILES string of the molecule is O=C(O)CCNC(=O)c1ccc(CN(c2ccc3c(c2)CCC3)c2nc(C3=CCC(OC(F)(F)F)C=C3)cs2)cc1. The summed E-state index contributed by atoms with van der Waals surface area (Å²) in [4.78, 5) is 30.0. The average molecular weight is 584 g/mol. The van der Waals surface area contributed by atoms with Crippen molar-refractivity contribution in [3.63, 3.8) is 0 Å². The van der Waals surface area contributed by atoms with Crippen molar-refractivity contribution >= 4 is 39.6 Å². The van der Waals surface area contributed by atoms with Crippen LogP contribution in [0.3, 0.4) is 0 Å². The summed E-state index contributed by atoms with van der Waals surface area (Å²) >= 11 is 1.45. The van der Waals surface area contributed by atoms with Gasteiger partial charge < -0.3 is 15.3 Å². The molecule has 0 fully saturated rings. The molecular formula is C30H28F3N3O4S. The van der Waals surface area contributed by atoms with Crippen molar-refractivity contribution < 1.29 is 32.6 Å². The molecule has 0 radical (unpaired) electrons. The third-order valence-electron chi connectivity index (χ3n) is 6.94. The number of carbonyl (C=O) groups is 2. The van der Waals surface area contributed by atoms with Gasteiger partial charge in [-0.25, -0.2) is 4.98 Å². The number of hydrogen-bond acceptors (Lipinski definition) is 6. The smallest absolute Gasteiger partial charge is 0.481 e. The van der Waals surface area contributed by atoms with Gasteiger partial charge >= 0.3 is 12.3 Å². The number of nitrogens with one attached hydrogen (secondary N) is 1. The number of anilines is 2. The van der Waals surface area contributed by atoms with E-state index in [4.69, 9.17) is 10.1 Å². The fourth-order valence-electron chi connectivity index (χ4n) is 4.90. The molecule has 11 heteroatoms. The minimum atomic E-state index is -4.69. The van der Waals surface area contributed by atoms with Crippen LogP contribution in [-0.2, 0) is 28.9 Å². The van der Waals surface area contributed by atoms with Gasteiger partial charge in [0.15, 0.2) is 5.13 Å². The normalized spacial score (nSPS) is 16.3. The molecule has 0 aliphatic heterocycles. The highest BCUT2D eigenvalue weighted by molar-refractivity contribution is 7.14. The van der Waals surface area contributed by atoms with E-state index in [-0.39, 0.29) is 25.3 Å². The summed E-state index contributed by atoms with van der Waals surface area (Å²) in [5.41, 5.74) is 6.42. The zero-order valence-corrected chi connectivity index (χ0v) is 22.8. The van der Waals surface area contributed by atoms with E-state index in [0.717, 1.165) is 41.2 Å². The van der Waals surface area contributed by atoms with Gasteiger partial charge in [-0.2, -0.15) is 0 Å². The number of alkyl halides is 3. The number of carbonyl (C=O) groups excluding carboxylic acids is 1. The number of rotatable bonds is 10. The molecule has 214 valence electrons. The molecule has 7 nitrogen and oxygen atoms in total.